The van der Waals surface area contributed by atoms with Crippen LogP contribution < -0.4 is 0 Å². The Morgan fingerprint density at radius 1 is 1.12 bits per heavy atom. The van der Waals surface area contributed by atoms with Crippen LogP contribution in [0.1, 0.15) is 26.7 Å². The van der Waals surface area contributed by atoms with Crippen LogP contribution in [0.4, 0.5) is 0 Å². The summed E-state index contributed by atoms with van der Waals surface area (Å²) in [5, 5.41) is 0. The van der Waals surface area contributed by atoms with Gasteiger partial charge in [-0.25, -0.2) is 0 Å². The first-order valence-corrected chi connectivity index (χ1v) is 4.25. The van der Waals surface area contributed by atoms with Crippen molar-refractivity contribution in [1.29, 1.82) is 0 Å². The molecule has 0 bridgehead atoms. The molecule has 1 heteroatoms. The summed E-state index contributed by atoms with van der Waals surface area (Å²) in [6.07, 6.45) is 2.75. The number of hydrogen-bond donors (Lipinski definition) is 0. The van der Waals surface area contributed by atoms with E-state index in [0.717, 1.165) is 16.7 Å². The quantitative estimate of drug-likeness (QED) is 0.499. The Bertz CT molecular complexity index is 70.5. The Kier molecular flexibility index (Phi) is 1.97. The van der Waals surface area contributed by atoms with Crippen LogP contribution in [-0.4, -0.2) is 4.83 Å². The van der Waals surface area contributed by atoms with Crippen molar-refractivity contribution in [2.75, 3.05) is 0 Å². The third-order valence-electron chi connectivity index (χ3n) is 2.23. The van der Waals surface area contributed by atoms with Crippen LogP contribution in [-0.2, 0) is 0 Å². The van der Waals surface area contributed by atoms with E-state index in [1.54, 1.807) is 0 Å². The van der Waals surface area contributed by atoms with Gasteiger partial charge in [-0.3, -0.25) is 0 Å². The summed E-state index contributed by atoms with van der Waals surface area (Å²) in [6.45, 7) is 4.68. The molecule has 0 amide bonds. The van der Waals surface area contributed by atoms with Gasteiger partial charge in [0.15, 0.2) is 0 Å². The lowest BCUT2D eigenvalue weighted by Crippen LogP contribution is -1.95. The molecule has 0 N–H and O–H groups in total. The molecule has 0 aromatic carbocycles. The minimum atomic E-state index is 0.812. The van der Waals surface area contributed by atoms with Gasteiger partial charge in [0.2, 0.25) is 0 Å². The zero-order valence-corrected chi connectivity index (χ0v) is 7.11. The Labute approximate surface area is 59.8 Å². The van der Waals surface area contributed by atoms with E-state index in [0.29, 0.717) is 0 Å². The van der Waals surface area contributed by atoms with Gasteiger partial charge in [-0.2, -0.15) is 0 Å². The van der Waals surface area contributed by atoms with Crippen molar-refractivity contribution in [2.45, 2.75) is 31.5 Å². The van der Waals surface area contributed by atoms with E-state index in [-0.39, 0.29) is 0 Å². The summed E-state index contributed by atoms with van der Waals surface area (Å²) in [7, 11) is 0. The van der Waals surface area contributed by atoms with Gasteiger partial charge in [-0.05, 0) is 24.7 Å². The third-order valence-corrected chi connectivity index (χ3v) is 2.97. The summed E-state index contributed by atoms with van der Waals surface area (Å²) >= 11 is 3.62. The summed E-state index contributed by atoms with van der Waals surface area (Å²) in [5.74, 6) is 1.89. The second kappa shape index (κ2) is 2.38. The zero-order valence-electron chi connectivity index (χ0n) is 5.52. The van der Waals surface area contributed by atoms with Gasteiger partial charge in [0.25, 0.3) is 0 Å². The smallest absolute Gasteiger partial charge is 0.0151 e. The van der Waals surface area contributed by atoms with Crippen LogP contribution in [0.2, 0.25) is 0 Å². The monoisotopic (exact) mass is 176 g/mol. The SMILES string of the molecule is CC1CC(Br)CC1C. The van der Waals surface area contributed by atoms with Gasteiger partial charge < -0.3 is 0 Å². The van der Waals surface area contributed by atoms with E-state index < -0.39 is 0 Å². The first-order chi connectivity index (χ1) is 3.70. The number of alkyl halides is 1. The molecule has 1 aliphatic rings. The minimum absolute atomic E-state index is 0.812. The molecule has 2 unspecified atom stereocenters. The van der Waals surface area contributed by atoms with Gasteiger partial charge in [-0.1, -0.05) is 29.8 Å². The maximum absolute atomic E-state index is 3.62. The Morgan fingerprint density at radius 2 is 1.50 bits per heavy atom. The molecule has 0 spiro atoms. The number of halogens is 1. The number of hydrogen-bond acceptors (Lipinski definition) is 0. The topological polar surface area (TPSA) is 0 Å². The summed E-state index contributed by atoms with van der Waals surface area (Å²) in [6, 6.07) is 0. The lowest BCUT2D eigenvalue weighted by atomic mass is 10.0. The van der Waals surface area contributed by atoms with Crippen molar-refractivity contribution in [3.63, 3.8) is 0 Å². The van der Waals surface area contributed by atoms with Crippen LogP contribution in [0, 0.1) is 11.8 Å². The normalized spacial score (nSPS) is 47.6. The Balaban J connectivity index is 2.39. The lowest BCUT2D eigenvalue weighted by molar-refractivity contribution is 0.457. The highest BCUT2D eigenvalue weighted by Gasteiger charge is 2.25. The molecule has 0 heterocycles. The van der Waals surface area contributed by atoms with Crippen molar-refractivity contribution in [1.82, 2.24) is 0 Å². The summed E-state index contributed by atoms with van der Waals surface area (Å²) in [4.78, 5) is 0.812. The second-order valence-electron chi connectivity index (χ2n) is 3.02. The average molecular weight is 177 g/mol. The molecule has 0 saturated heterocycles. The fourth-order valence-electron chi connectivity index (χ4n) is 1.37. The van der Waals surface area contributed by atoms with E-state index in [9.17, 15) is 0 Å². The Morgan fingerprint density at radius 3 is 1.62 bits per heavy atom. The van der Waals surface area contributed by atoms with Gasteiger partial charge in [0, 0.05) is 4.83 Å². The van der Waals surface area contributed by atoms with E-state index >= 15 is 0 Å². The highest BCUT2D eigenvalue weighted by molar-refractivity contribution is 9.09. The molecule has 8 heavy (non-hydrogen) atoms. The van der Waals surface area contributed by atoms with E-state index in [1.807, 2.05) is 0 Å². The molecule has 0 aromatic rings. The van der Waals surface area contributed by atoms with Crippen molar-refractivity contribution < 1.29 is 0 Å². The van der Waals surface area contributed by atoms with Gasteiger partial charge in [0.05, 0.1) is 0 Å². The predicted octanol–water partition coefficient (Wildman–Crippen LogP) is 2.82. The molecule has 1 aliphatic carbocycles. The highest BCUT2D eigenvalue weighted by atomic mass is 79.9. The first-order valence-electron chi connectivity index (χ1n) is 3.34. The van der Waals surface area contributed by atoms with Crippen LogP contribution in [0.3, 0.4) is 0 Å². The molecule has 0 aromatic heterocycles. The van der Waals surface area contributed by atoms with Crippen molar-refractivity contribution in [2.24, 2.45) is 11.8 Å². The fourth-order valence-corrected chi connectivity index (χ4v) is 2.55. The number of rotatable bonds is 0. The molecular weight excluding hydrogens is 164 g/mol. The first kappa shape index (κ1) is 6.60. The van der Waals surface area contributed by atoms with Crippen molar-refractivity contribution >= 4 is 15.9 Å². The van der Waals surface area contributed by atoms with E-state index in [2.05, 4.69) is 29.8 Å². The molecular formula is C7H13Br. The standard InChI is InChI=1S/C7H13Br/c1-5-3-7(8)4-6(5)2/h5-7H,3-4H2,1-2H3. The lowest BCUT2D eigenvalue weighted by Gasteiger charge is -2.04. The molecule has 0 radical (unpaired) electrons. The predicted molar refractivity (Wildman–Crippen MR) is 40.3 cm³/mol. The average Bonchev–Trinajstić information content (AvgIpc) is 1.85. The molecule has 0 nitrogen and oxygen atoms in total. The summed E-state index contributed by atoms with van der Waals surface area (Å²) in [5.41, 5.74) is 0. The highest BCUT2D eigenvalue weighted by Crippen LogP contribution is 2.34. The van der Waals surface area contributed by atoms with Crippen LogP contribution in [0.25, 0.3) is 0 Å². The summed E-state index contributed by atoms with van der Waals surface area (Å²) < 4.78 is 0. The van der Waals surface area contributed by atoms with E-state index in [4.69, 9.17) is 0 Å². The van der Waals surface area contributed by atoms with Crippen molar-refractivity contribution in [3.05, 3.63) is 0 Å². The second-order valence-corrected chi connectivity index (χ2v) is 4.32. The van der Waals surface area contributed by atoms with Crippen molar-refractivity contribution in [3.8, 4) is 0 Å². The third kappa shape index (κ3) is 1.25. The largest absolute Gasteiger partial charge is 0.0890 e. The van der Waals surface area contributed by atoms with Crippen LogP contribution in [0.5, 0.6) is 0 Å². The molecule has 0 aliphatic heterocycles. The molecule has 1 fully saturated rings. The molecule has 1 rings (SSSR count). The fraction of sp³-hybridized carbons (Fsp3) is 1.00. The molecule has 1 saturated carbocycles. The zero-order chi connectivity index (χ0) is 6.15. The van der Waals surface area contributed by atoms with Gasteiger partial charge in [-0.15, -0.1) is 0 Å². The minimum Gasteiger partial charge on any atom is -0.0890 e. The molecule has 48 valence electrons. The van der Waals surface area contributed by atoms with Gasteiger partial charge in [0.1, 0.15) is 0 Å². The maximum atomic E-state index is 3.62. The van der Waals surface area contributed by atoms with Crippen LogP contribution >= 0.6 is 15.9 Å². The molecule has 2 atom stereocenters. The van der Waals surface area contributed by atoms with Gasteiger partial charge >= 0.3 is 0 Å². The van der Waals surface area contributed by atoms with Crippen LogP contribution in [0.15, 0.2) is 0 Å². The Hall–Kier alpha value is 0.480. The van der Waals surface area contributed by atoms with E-state index in [1.165, 1.54) is 12.8 Å². The maximum Gasteiger partial charge on any atom is 0.0151 e.